The second kappa shape index (κ2) is 10.7. The third-order valence-corrected chi connectivity index (χ3v) is 5.69. The summed E-state index contributed by atoms with van der Waals surface area (Å²) in [5.74, 6) is 0. The minimum absolute atomic E-state index is 0.403. The monoisotopic (exact) mass is 484 g/mol. The highest BCUT2D eigenvalue weighted by molar-refractivity contribution is 7.84. The molecule has 0 bridgehead atoms. The predicted octanol–water partition coefficient (Wildman–Crippen LogP) is 5.33. The summed E-state index contributed by atoms with van der Waals surface area (Å²) >= 11 is 0. The van der Waals surface area contributed by atoms with Crippen molar-refractivity contribution >= 4 is 11.0 Å². The van der Waals surface area contributed by atoms with Gasteiger partial charge in [0.2, 0.25) is 0 Å². The van der Waals surface area contributed by atoms with Gasteiger partial charge in [-0.15, -0.1) is 0 Å². The second-order valence-corrected chi connectivity index (χ2v) is 9.95. The number of hydrogen-bond acceptors (Lipinski definition) is 4. The van der Waals surface area contributed by atoms with Gasteiger partial charge in [0.05, 0.1) is 15.7 Å². The first-order chi connectivity index (χ1) is 14.4. The Hall–Kier alpha value is -2.05. The predicted molar refractivity (Wildman–Crippen MR) is 111 cm³/mol. The van der Waals surface area contributed by atoms with Gasteiger partial charge in [-0.05, 0) is 70.0 Å². The number of hydrogen-bond donors (Lipinski definition) is 2. The van der Waals surface area contributed by atoms with Crippen molar-refractivity contribution in [1.29, 1.82) is 0 Å². The van der Waals surface area contributed by atoms with Crippen LogP contribution < -0.4 is 10.5 Å². The van der Waals surface area contributed by atoms with Crippen LogP contribution in [0.5, 0.6) is 0 Å². The summed E-state index contributed by atoms with van der Waals surface area (Å²) in [5, 5.41) is 0. The summed E-state index contributed by atoms with van der Waals surface area (Å²) in [6.07, 6.45) is -6.65. The van der Waals surface area contributed by atoms with Crippen molar-refractivity contribution in [2.45, 2.75) is 63.8 Å². The zero-order chi connectivity index (χ0) is 24.9. The van der Waals surface area contributed by atoms with Crippen molar-refractivity contribution in [3.05, 3.63) is 59.2 Å². The largest absolute Gasteiger partial charge is 0.433 e. The molecule has 0 saturated carbocycles. The van der Waals surface area contributed by atoms with Crippen molar-refractivity contribution in [3.8, 4) is 0 Å². The Balaban J connectivity index is 0.000000343. The van der Waals surface area contributed by atoms with Gasteiger partial charge in [-0.3, -0.25) is 9.97 Å². The molecule has 3 atom stereocenters. The van der Waals surface area contributed by atoms with E-state index in [2.05, 4.69) is 14.7 Å². The van der Waals surface area contributed by atoms with Crippen LogP contribution in [0.1, 0.15) is 69.2 Å². The van der Waals surface area contributed by atoms with E-state index in [1.807, 2.05) is 0 Å². The molecular formula is C20H26F6N4OS. The summed E-state index contributed by atoms with van der Waals surface area (Å²) in [6, 6.07) is 4.02. The zero-order valence-electron chi connectivity index (χ0n) is 18.2. The summed E-state index contributed by atoms with van der Waals surface area (Å²) in [5.41, 5.74) is 4.42. The van der Waals surface area contributed by atoms with E-state index < -0.39 is 51.6 Å². The molecule has 2 aromatic heterocycles. The number of nitrogens with zero attached hydrogens (tertiary/aromatic N) is 2. The van der Waals surface area contributed by atoms with Gasteiger partial charge >= 0.3 is 12.4 Å². The molecule has 2 heterocycles. The molecule has 32 heavy (non-hydrogen) atoms. The van der Waals surface area contributed by atoms with E-state index in [1.165, 1.54) is 12.1 Å². The molecule has 0 saturated heterocycles. The molecule has 0 aromatic carbocycles. The topological polar surface area (TPSA) is 80.9 Å². The van der Waals surface area contributed by atoms with Gasteiger partial charge in [0.1, 0.15) is 11.4 Å². The van der Waals surface area contributed by atoms with Gasteiger partial charge in [0, 0.05) is 24.5 Å². The van der Waals surface area contributed by atoms with Gasteiger partial charge in [-0.25, -0.2) is 8.93 Å². The zero-order valence-corrected chi connectivity index (χ0v) is 19.0. The van der Waals surface area contributed by atoms with Crippen LogP contribution in [0.3, 0.4) is 0 Å². The lowest BCUT2D eigenvalue weighted by molar-refractivity contribution is -0.142. The molecule has 0 fully saturated rings. The molecule has 0 spiro atoms. The van der Waals surface area contributed by atoms with Crippen molar-refractivity contribution in [3.63, 3.8) is 0 Å². The minimum Gasteiger partial charge on any atom is -0.324 e. The maximum absolute atomic E-state index is 12.5. The Morgan fingerprint density at radius 1 is 0.875 bits per heavy atom. The fourth-order valence-corrected chi connectivity index (χ4v) is 2.97. The fraction of sp³-hybridized carbons (Fsp3) is 0.500. The van der Waals surface area contributed by atoms with Gasteiger partial charge < -0.3 is 5.73 Å². The van der Waals surface area contributed by atoms with Crippen molar-refractivity contribution in [1.82, 2.24) is 14.7 Å². The smallest absolute Gasteiger partial charge is 0.324 e. The first-order valence-corrected chi connectivity index (χ1v) is 10.6. The van der Waals surface area contributed by atoms with Crippen molar-refractivity contribution < 1.29 is 30.6 Å². The number of alkyl halides is 6. The average Bonchev–Trinajstić information content (AvgIpc) is 2.66. The van der Waals surface area contributed by atoms with Crippen LogP contribution in [0.2, 0.25) is 0 Å². The van der Waals surface area contributed by atoms with E-state index in [4.69, 9.17) is 5.73 Å². The molecule has 0 aliphatic rings. The van der Waals surface area contributed by atoms with Crippen LogP contribution in [-0.4, -0.2) is 18.9 Å². The first-order valence-electron chi connectivity index (χ1n) is 9.43. The molecule has 12 heteroatoms. The Kier molecular flexibility index (Phi) is 9.37. The summed E-state index contributed by atoms with van der Waals surface area (Å²) in [4.78, 5) is 6.50. The molecular weight excluding hydrogens is 458 g/mol. The van der Waals surface area contributed by atoms with Crippen LogP contribution in [0.25, 0.3) is 0 Å². The highest BCUT2D eigenvalue weighted by Crippen LogP contribution is 2.29. The Morgan fingerprint density at radius 2 is 1.28 bits per heavy atom. The molecule has 3 N–H and O–H groups in total. The van der Waals surface area contributed by atoms with Crippen LogP contribution in [0.15, 0.2) is 36.7 Å². The van der Waals surface area contributed by atoms with Gasteiger partial charge in [-0.1, -0.05) is 0 Å². The van der Waals surface area contributed by atoms with E-state index in [-0.39, 0.29) is 0 Å². The third kappa shape index (κ3) is 8.83. The average molecular weight is 485 g/mol. The number of aromatic nitrogens is 2. The van der Waals surface area contributed by atoms with Gasteiger partial charge in [0.15, 0.2) is 0 Å². The summed E-state index contributed by atoms with van der Waals surface area (Å²) in [7, 11) is -1.35. The normalized spacial score (nSPS) is 15.4. The molecule has 5 nitrogen and oxygen atoms in total. The summed E-state index contributed by atoms with van der Waals surface area (Å²) in [6.45, 7) is 8.65. The van der Waals surface area contributed by atoms with Crippen LogP contribution in [0, 0.1) is 0 Å². The molecule has 2 unspecified atom stereocenters. The van der Waals surface area contributed by atoms with E-state index in [0.29, 0.717) is 11.1 Å². The molecule has 0 aliphatic carbocycles. The molecule has 180 valence electrons. The van der Waals surface area contributed by atoms with E-state index in [1.54, 1.807) is 34.6 Å². The standard InChI is InChI=1S/C12H17F3N2OS.C8H9F3N2/c1-8(17-19(18)11(2,3)4)9-5-6-16-10(7-9)12(13,14)15;1-5(12)6-2-3-13-7(4-6)8(9,10)11/h5-8,17H,1-4H3;2-5H,12H2,1H3/t8?,19-;/m1./s1. The Morgan fingerprint density at radius 3 is 1.66 bits per heavy atom. The molecule has 2 aromatic rings. The molecule has 0 amide bonds. The lowest BCUT2D eigenvalue weighted by Gasteiger charge is -2.22. The van der Waals surface area contributed by atoms with Crippen molar-refractivity contribution in [2.24, 2.45) is 5.73 Å². The lowest BCUT2D eigenvalue weighted by atomic mass is 10.1. The quantitative estimate of drug-likeness (QED) is 0.575. The van der Waals surface area contributed by atoms with Gasteiger partial charge in [0.25, 0.3) is 0 Å². The van der Waals surface area contributed by atoms with Gasteiger partial charge in [-0.2, -0.15) is 26.3 Å². The minimum atomic E-state index is -4.47. The molecule has 0 radical (unpaired) electrons. The van der Waals surface area contributed by atoms with Crippen molar-refractivity contribution in [2.75, 3.05) is 0 Å². The second-order valence-electron chi connectivity index (χ2n) is 7.95. The van der Waals surface area contributed by atoms with Crippen LogP contribution in [0.4, 0.5) is 26.3 Å². The van der Waals surface area contributed by atoms with Crippen LogP contribution in [-0.2, 0) is 23.3 Å². The van der Waals surface area contributed by atoms with Crippen LogP contribution >= 0.6 is 0 Å². The highest BCUT2D eigenvalue weighted by atomic mass is 32.2. The summed E-state index contributed by atoms with van der Waals surface area (Å²) < 4.78 is 88.2. The molecule has 0 aliphatic heterocycles. The van der Waals surface area contributed by atoms with E-state index >= 15 is 0 Å². The Labute approximate surface area is 185 Å². The third-order valence-electron chi connectivity index (χ3n) is 4.01. The number of rotatable bonds is 4. The van der Waals surface area contributed by atoms with E-state index in [0.717, 1.165) is 24.5 Å². The number of halogens is 6. The number of nitrogens with two attached hydrogens (primary N) is 1. The van der Waals surface area contributed by atoms with E-state index in [9.17, 15) is 30.6 Å². The first kappa shape index (κ1) is 28.0. The highest BCUT2D eigenvalue weighted by Gasteiger charge is 2.33. The number of pyridine rings is 2. The maximum atomic E-state index is 12.5. The molecule has 2 rings (SSSR count). The fourth-order valence-electron chi connectivity index (χ4n) is 2.16. The maximum Gasteiger partial charge on any atom is 0.433 e. The lowest BCUT2D eigenvalue weighted by Crippen LogP contribution is -2.34. The number of nitrogens with one attached hydrogen (secondary N) is 1. The Bertz CT molecular complexity index is 910. The SMILES string of the molecule is CC(N)c1ccnc(C(F)(F)F)c1.CC(N[S@](=O)C(C)(C)C)c1ccnc(C(F)(F)F)c1.